The van der Waals surface area contributed by atoms with E-state index in [2.05, 4.69) is 46.3 Å². The molecule has 39 heavy (non-hydrogen) atoms. The summed E-state index contributed by atoms with van der Waals surface area (Å²) in [6.45, 7) is 6.95. The third kappa shape index (κ3) is 6.62. The Morgan fingerprint density at radius 3 is 2.56 bits per heavy atom. The number of amides is 1. The van der Waals surface area contributed by atoms with Gasteiger partial charge in [-0.2, -0.15) is 0 Å². The molecule has 1 spiro atoms. The number of methoxy groups -OCH3 is 1. The number of benzene rings is 2. The van der Waals surface area contributed by atoms with E-state index < -0.39 is 0 Å². The van der Waals surface area contributed by atoms with Crippen molar-refractivity contribution in [3.8, 4) is 11.5 Å². The summed E-state index contributed by atoms with van der Waals surface area (Å²) in [6.07, 6.45) is 10.3. The quantitative estimate of drug-likeness (QED) is 0.421. The molecule has 6 heteroatoms. The van der Waals surface area contributed by atoms with Crippen LogP contribution in [0.15, 0.2) is 67.0 Å². The highest BCUT2D eigenvalue weighted by Crippen LogP contribution is 2.39. The number of ether oxygens (including phenoxy) is 2. The Morgan fingerprint density at radius 2 is 1.77 bits per heavy atom. The van der Waals surface area contributed by atoms with Crippen LogP contribution in [0.4, 0.5) is 0 Å². The molecule has 0 aliphatic carbocycles. The first-order valence-corrected chi connectivity index (χ1v) is 14.3. The van der Waals surface area contributed by atoms with Gasteiger partial charge >= 0.3 is 0 Å². The first-order chi connectivity index (χ1) is 19.1. The summed E-state index contributed by atoms with van der Waals surface area (Å²) in [4.78, 5) is 22.3. The molecule has 5 rings (SSSR count). The van der Waals surface area contributed by atoms with Crippen molar-refractivity contribution < 1.29 is 14.3 Å². The van der Waals surface area contributed by atoms with E-state index in [1.165, 1.54) is 24.0 Å². The van der Waals surface area contributed by atoms with Gasteiger partial charge in [-0.3, -0.25) is 14.7 Å². The van der Waals surface area contributed by atoms with E-state index in [4.69, 9.17) is 9.47 Å². The number of hydrogen-bond donors (Lipinski definition) is 0. The van der Waals surface area contributed by atoms with Crippen molar-refractivity contribution in [2.45, 2.75) is 52.0 Å². The van der Waals surface area contributed by atoms with E-state index in [0.717, 1.165) is 69.7 Å². The molecule has 206 valence electrons. The number of hydrogen-bond acceptors (Lipinski definition) is 5. The fourth-order valence-electron chi connectivity index (χ4n) is 6.32. The molecule has 0 N–H and O–H groups in total. The van der Waals surface area contributed by atoms with Crippen LogP contribution in [-0.2, 0) is 13.0 Å². The lowest BCUT2D eigenvalue weighted by molar-refractivity contribution is 0.0359. The first kappa shape index (κ1) is 27.2. The molecule has 3 heterocycles. The normalized spacial score (nSPS) is 18.4. The van der Waals surface area contributed by atoms with Gasteiger partial charge in [0.1, 0.15) is 18.1 Å². The lowest BCUT2D eigenvalue weighted by atomic mass is 9.73. The number of piperidine rings is 1. The minimum Gasteiger partial charge on any atom is -0.496 e. The number of aromatic nitrogens is 1. The zero-order valence-electron chi connectivity index (χ0n) is 23.4. The predicted octanol–water partition coefficient (Wildman–Crippen LogP) is 5.93. The van der Waals surface area contributed by atoms with Crippen molar-refractivity contribution in [3.63, 3.8) is 0 Å². The number of rotatable bonds is 4. The smallest absolute Gasteiger partial charge is 0.257 e. The Morgan fingerprint density at radius 1 is 0.974 bits per heavy atom. The number of carbonyl (C=O) groups is 1. The van der Waals surface area contributed by atoms with Crippen molar-refractivity contribution in [2.24, 2.45) is 5.41 Å². The topological polar surface area (TPSA) is 54.9 Å². The van der Waals surface area contributed by atoms with Gasteiger partial charge in [0.2, 0.25) is 0 Å². The molecule has 1 fully saturated rings. The summed E-state index contributed by atoms with van der Waals surface area (Å²) < 4.78 is 11.9. The van der Waals surface area contributed by atoms with E-state index in [1.807, 2.05) is 42.4 Å². The average molecular weight is 528 g/mol. The molecule has 6 nitrogen and oxygen atoms in total. The van der Waals surface area contributed by atoms with Gasteiger partial charge in [-0.05, 0) is 85.4 Å². The number of likely N-dealkylation sites (tertiary alicyclic amines) is 1. The second-order valence-electron chi connectivity index (χ2n) is 11.2. The van der Waals surface area contributed by atoms with E-state index in [-0.39, 0.29) is 11.3 Å². The highest BCUT2D eigenvalue weighted by molar-refractivity contribution is 5.97. The van der Waals surface area contributed by atoms with E-state index in [1.54, 1.807) is 7.11 Å². The second-order valence-corrected chi connectivity index (χ2v) is 11.2. The maximum Gasteiger partial charge on any atom is 0.257 e. The average Bonchev–Trinajstić information content (AvgIpc) is 2.96. The van der Waals surface area contributed by atoms with Crippen molar-refractivity contribution in [3.05, 3.63) is 89.2 Å². The molecule has 0 bridgehead atoms. The molecular formula is C33H41N3O3. The van der Waals surface area contributed by atoms with Crippen molar-refractivity contribution in [1.29, 1.82) is 0 Å². The molecule has 1 aromatic heterocycles. The van der Waals surface area contributed by atoms with Crippen LogP contribution in [-0.4, -0.2) is 60.6 Å². The number of fused-ring (bicyclic) bond motifs is 1. The lowest BCUT2D eigenvalue weighted by Crippen LogP contribution is -2.48. The van der Waals surface area contributed by atoms with Gasteiger partial charge in [-0.1, -0.05) is 36.8 Å². The third-order valence-corrected chi connectivity index (χ3v) is 8.51. The van der Waals surface area contributed by atoms with Gasteiger partial charge < -0.3 is 14.4 Å². The number of carbonyl (C=O) groups excluding carboxylic acids is 1. The standard InChI is InChI=1S/C33H41N3O3/c1-26-8-7-11-29(31(26)38-2)32(37)36-20-16-33(17-21-36)15-6-5-10-28-9-3-4-12-30(28)39-23-22-35(25-33)24-27-13-18-34-19-14-27/h3-4,7-9,11-14,18-19H,5-6,10,15-17,20-25H2,1-2H3. The highest BCUT2D eigenvalue weighted by atomic mass is 16.5. The first-order valence-electron chi connectivity index (χ1n) is 14.3. The summed E-state index contributed by atoms with van der Waals surface area (Å²) in [5, 5.41) is 0. The Balaban J connectivity index is 1.33. The van der Waals surface area contributed by atoms with Crippen LogP contribution in [0.5, 0.6) is 11.5 Å². The van der Waals surface area contributed by atoms with Gasteiger partial charge in [0.25, 0.3) is 5.91 Å². The summed E-state index contributed by atoms with van der Waals surface area (Å²) in [7, 11) is 1.65. The zero-order chi connectivity index (χ0) is 27.1. The molecule has 0 saturated carbocycles. The summed E-state index contributed by atoms with van der Waals surface area (Å²) in [5.74, 6) is 1.80. The molecule has 0 atom stereocenters. The molecule has 1 saturated heterocycles. The Labute approximate surface area is 233 Å². The minimum absolute atomic E-state index is 0.0807. The molecule has 0 radical (unpaired) electrons. The largest absolute Gasteiger partial charge is 0.496 e. The Kier molecular flexibility index (Phi) is 8.82. The number of aryl methyl sites for hydroxylation is 2. The molecule has 2 aliphatic heterocycles. The summed E-state index contributed by atoms with van der Waals surface area (Å²) >= 11 is 0. The number of para-hydroxylation sites is 2. The number of nitrogens with zero attached hydrogens (tertiary/aromatic N) is 3. The Hall–Kier alpha value is -3.38. The number of pyridine rings is 1. The van der Waals surface area contributed by atoms with Crippen LogP contribution in [0.1, 0.15) is 59.2 Å². The molecule has 3 aromatic rings. The van der Waals surface area contributed by atoms with Gasteiger partial charge in [0, 0.05) is 45.1 Å². The van der Waals surface area contributed by atoms with Crippen LogP contribution in [0, 0.1) is 12.3 Å². The van der Waals surface area contributed by atoms with Crippen LogP contribution >= 0.6 is 0 Å². The van der Waals surface area contributed by atoms with Crippen molar-refractivity contribution in [2.75, 3.05) is 39.9 Å². The summed E-state index contributed by atoms with van der Waals surface area (Å²) in [5.41, 5.74) is 4.42. The third-order valence-electron chi connectivity index (χ3n) is 8.51. The van der Waals surface area contributed by atoms with Gasteiger partial charge in [-0.15, -0.1) is 0 Å². The minimum atomic E-state index is 0.0807. The SMILES string of the molecule is COc1c(C)cccc1C(=O)N1CCC2(CCCCc3ccccc3OCCN(Cc3ccncc3)C2)CC1. The lowest BCUT2D eigenvalue weighted by Gasteiger charge is -2.45. The van der Waals surface area contributed by atoms with Crippen molar-refractivity contribution >= 4 is 5.91 Å². The fraction of sp³-hybridized carbons (Fsp3) is 0.455. The molecule has 0 unspecified atom stereocenters. The highest BCUT2D eigenvalue weighted by Gasteiger charge is 2.37. The van der Waals surface area contributed by atoms with E-state index in [9.17, 15) is 4.79 Å². The molecular weight excluding hydrogens is 486 g/mol. The van der Waals surface area contributed by atoms with E-state index >= 15 is 0 Å². The van der Waals surface area contributed by atoms with Gasteiger partial charge in [0.05, 0.1) is 12.7 Å². The monoisotopic (exact) mass is 527 g/mol. The molecule has 2 aliphatic rings. The second kappa shape index (κ2) is 12.6. The van der Waals surface area contributed by atoms with Crippen LogP contribution in [0.2, 0.25) is 0 Å². The van der Waals surface area contributed by atoms with Crippen LogP contribution < -0.4 is 9.47 Å². The maximum atomic E-state index is 13.5. The van der Waals surface area contributed by atoms with Gasteiger partial charge in [-0.25, -0.2) is 0 Å². The maximum absolute atomic E-state index is 13.5. The van der Waals surface area contributed by atoms with Crippen molar-refractivity contribution in [1.82, 2.24) is 14.8 Å². The molecule has 1 amide bonds. The fourth-order valence-corrected chi connectivity index (χ4v) is 6.32. The van der Waals surface area contributed by atoms with E-state index in [0.29, 0.717) is 17.9 Å². The molecule has 2 aromatic carbocycles. The summed E-state index contributed by atoms with van der Waals surface area (Å²) in [6, 6.07) is 18.5. The van der Waals surface area contributed by atoms with Gasteiger partial charge in [0.15, 0.2) is 0 Å². The Bertz CT molecular complexity index is 1240. The van der Waals surface area contributed by atoms with Crippen LogP contribution in [0.25, 0.3) is 0 Å². The van der Waals surface area contributed by atoms with Crippen LogP contribution in [0.3, 0.4) is 0 Å². The zero-order valence-corrected chi connectivity index (χ0v) is 23.4. The predicted molar refractivity (Wildman–Crippen MR) is 154 cm³/mol.